The van der Waals surface area contributed by atoms with Crippen molar-refractivity contribution >= 4 is 27.8 Å². The molecule has 0 bridgehead atoms. The van der Waals surface area contributed by atoms with E-state index in [9.17, 15) is 13.2 Å². The van der Waals surface area contributed by atoms with Gasteiger partial charge in [0.25, 0.3) is 0 Å². The van der Waals surface area contributed by atoms with E-state index in [4.69, 9.17) is 5.11 Å². The van der Waals surface area contributed by atoms with Crippen LogP contribution in [0.4, 0.5) is 0 Å². The summed E-state index contributed by atoms with van der Waals surface area (Å²) in [7, 11) is -3.64. The Morgan fingerprint density at radius 2 is 2.05 bits per heavy atom. The summed E-state index contributed by atoms with van der Waals surface area (Å²) in [4.78, 5) is 10.9. The number of benzene rings is 1. The van der Waals surface area contributed by atoms with Crippen molar-refractivity contribution in [2.24, 2.45) is 5.92 Å². The van der Waals surface area contributed by atoms with Gasteiger partial charge in [0.05, 0.1) is 10.5 Å². The number of rotatable bonds is 5. The van der Waals surface area contributed by atoms with Crippen LogP contribution in [-0.4, -0.2) is 37.5 Å². The van der Waals surface area contributed by atoms with Gasteiger partial charge in [-0.2, -0.15) is 11.8 Å². The van der Waals surface area contributed by atoms with Crippen LogP contribution in [0.15, 0.2) is 29.2 Å². The minimum atomic E-state index is -3.64. The zero-order valence-corrected chi connectivity index (χ0v) is 12.5. The first-order valence-electron chi connectivity index (χ1n) is 6.40. The van der Waals surface area contributed by atoms with Crippen LogP contribution in [0, 0.1) is 5.92 Å². The first kappa shape index (κ1) is 15.3. The lowest BCUT2D eigenvalue weighted by molar-refractivity contribution is 0.0696. The van der Waals surface area contributed by atoms with Gasteiger partial charge in [0.2, 0.25) is 10.0 Å². The molecule has 5 nitrogen and oxygen atoms in total. The molecule has 1 aromatic rings. The molecular weight excluding hydrogens is 298 g/mol. The van der Waals surface area contributed by atoms with Gasteiger partial charge in [-0.3, -0.25) is 0 Å². The highest BCUT2D eigenvalue weighted by atomic mass is 32.2. The standard InChI is InChI=1S/C13H17NO4S2/c15-13(16)11-2-1-3-12(8-11)20(17,18)14-9-10-4-6-19-7-5-10/h1-3,8,10,14H,4-7,9H2,(H,15,16). The van der Waals surface area contributed by atoms with Crippen LogP contribution in [0.3, 0.4) is 0 Å². The highest BCUT2D eigenvalue weighted by Crippen LogP contribution is 2.22. The molecule has 1 aromatic carbocycles. The molecule has 0 aromatic heterocycles. The molecular formula is C13H17NO4S2. The van der Waals surface area contributed by atoms with Crippen LogP contribution < -0.4 is 4.72 Å². The van der Waals surface area contributed by atoms with Crippen molar-refractivity contribution in [3.8, 4) is 0 Å². The van der Waals surface area contributed by atoms with Crippen LogP contribution in [0.5, 0.6) is 0 Å². The lowest BCUT2D eigenvalue weighted by Crippen LogP contribution is -2.31. The van der Waals surface area contributed by atoms with E-state index in [2.05, 4.69) is 4.72 Å². The zero-order valence-electron chi connectivity index (χ0n) is 10.9. The number of hydrogen-bond acceptors (Lipinski definition) is 4. The maximum atomic E-state index is 12.1. The number of nitrogens with one attached hydrogen (secondary N) is 1. The summed E-state index contributed by atoms with van der Waals surface area (Å²) >= 11 is 1.89. The average Bonchev–Trinajstić information content (AvgIpc) is 2.46. The first-order chi connectivity index (χ1) is 9.49. The third-order valence-electron chi connectivity index (χ3n) is 3.29. The highest BCUT2D eigenvalue weighted by molar-refractivity contribution is 7.99. The van der Waals surface area contributed by atoms with Gasteiger partial charge in [-0.05, 0) is 48.5 Å². The van der Waals surface area contributed by atoms with Crippen LogP contribution in [0.2, 0.25) is 0 Å². The summed E-state index contributed by atoms with van der Waals surface area (Å²) in [6.45, 7) is 0.417. The zero-order chi connectivity index (χ0) is 14.6. The number of carbonyl (C=O) groups is 1. The molecule has 0 amide bonds. The fraction of sp³-hybridized carbons (Fsp3) is 0.462. The number of hydrogen-bond donors (Lipinski definition) is 2. The predicted molar refractivity (Wildman–Crippen MR) is 78.6 cm³/mol. The van der Waals surface area contributed by atoms with Crippen molar-refractivity contribution in [3.63, 3.8) is 0 Å². The largest absolute Gasteiger partial charge is 0.478 e. The van der Waals surface area contributed by atoms with E-state index in [1.54, 1.807) is 0 Å². The maximum absolute atomic E-state index is 12.1. The topological polar surface area (TPSA) is 83.5 Å². The monoisotopic (exact) mass is 315 g/mol. The van der Waals surface area contributed by atoms with E-state index in [0.717, 1.165) is 24.3 Å². The number of carboxylic acid groups (broad SMARTS) is 1. The lowest BCUT2D eigenvalue weighted by atomic mass is 10.0. The minimum absolute atomic E-state index is 0.00239. The molecule has 1 aliphatic heterocycles. The summed E-state index contributed by atoms with van der Waals surface area (Å²) in [6, 6.07) is 5.40. The molecule has 1 saturated heterocycles. The summed E-state index contributed by atoms with van der Waals surface area (Å²) in [5.41, 5.74) is -0.0260. The molecule has 1 heterocycles. The van der Waals surface area contributed by atoms with Gasteiger partial charge in [0.1, 0.15) is 0 Å². The van der Waals surface area contributed by atoms with Crippen LogP contribution in [0.25, 0.3) is 0 Å². The van der Waals surface area contributed by atoms with E-state index in [0.29, 0.717) is 12.5 Å². The van der Waals surface area contributed by atoms with Gasteiger partial charge < -0.3 is 5.11 Å². The normalized spacial score (nSPS) is 17.0. The summed E-state index contributed by atoms with van der Waals surface area (Å²) in [6.07, 6.45) is 2.03. The molecule has 20 heavy (non-hydrogen) atoms. The van der Waals surface area contributed by atoms with Crippen molar-refractivity contribution in [2.45, 2.75) is 17.7 Å². The fourth-order valence-electron chi connectivity index (χ4n) is 2.06. The van der Waals surface area contributed by atoms with Crippen LogP contribution in [0.1, 0.15) is 23.2 Å². The second-order valence-corrected chi connectivity index (χ2v) is 7.73. The van der Waals surface area contributed by atoms with Crippen molar-refractivity contribution in [1.29, 1.82) is 0 Å². The molecule has 0 spiro atoms. The van der Waals surface area contributed by atoms with Gasteiger partial charge in [-0.15, -0.1) is 0 Å². The lowest BCUT2D eigenvalue weighted by Gasteiger charge is -2.21. The summed E-state index contributed by atoms with van der Waals surface area (Å²) < 4.78 is 26.9. The van der Waals surface area contributed by atoms with Crippen molar-refractivity contribution in [2.75, 3.05) is 18.1 Å². The Morgan fingerprint density at radius 1 is 1.35 bits per heavy atom. The molecule has 0 radical (unpaired) electrons. The Kier molecular flexibility index (Phi) is 5.06. The molecule has 7 heteroatoms. The van der Waals surface area contributed by atoms with E-state index in [1.807, 2.05) is 11.8 Å². The quantitative estimate of drug-likeness (QED) is 0.866. The Hall–Kier alpha value is -1.05. The molecule has 0 unspecified atom stereocenters. The van der Waals surface area contributed by atoms with Crippen molar-refractivity contribution < 1.29 is 18.3 Å². The Bertz CT molecular complexity index is 580. The number of thioether (sulfide) groups is 1. The summed E-state index contributed by atoms with van der Waals surface area (Å²) in [5, 5.41) is 8.89. The first-order valence-corrected chi connectivity index (χ1v) is 9.03. The third-order valence-corrected chi connectivity index (χ3v) is 5.76. The number of aromatic carboxylic acids is 1. The molecule has 110 valence electrons. The van der Waals surface area contributed by atoms with Crippen molar-refractivity contribution in [3.05, 3.63) is 29.8 Å². The molecule has 1 aliphatic rings. The Balaban J connectivity index is 2.05. The molecule has 0 atom stereocenters. The van der Waals surface area contributed by atoms with Gasteiger partial charge in [-0.25, -0.2) is 17.9 Å². The Morgan fingerprint density at radius 3 is 2.70 bits per heavy atom. The van der Waals surface area contributed by atoms with Crippen molar-refractivity contribution in [1.82, 2.24) is 4.72 Å². The second kappa shape index (κ2) is 6.60. The van der Waals surface area contributed by atoms with Gasteiger partial charge in [0, 0.05) is 6.54 Å². The van der Waals surface area contributed by atoms with E-state index >= 15 is 0 Å². The SMILES string of the molecule is O=C(O)c1cccc(S(=O)(=O)NCC2CCSCC2)c1. The molecule has 2 N–H and O–H groups in total. The number of carboxylic acids is 1. The molecule has 2 rings (SSSR count). The maximum Gasteiger partial charge on any atom is 0.335 e. The van der Waals surface area contributed by atoms with E-state index < -0.39 is 16.0 Å². The highest BCUT2D eigenvalue weighted by Gasteiger charge is 2.19. The summed E-state index contributed by atoms with van der Waals surface area (Å²) in [5.74, 6) is 1.38. The Labute approximate surface area is 122 Å². The van der Waals surface area contributed by atoms with Gasteiger partial charge in [0.15, 0.2) is 0 Å². The molecule has 1 fully saturated rings. The number of sulfonamides is 1. The smallest absolute Gasteiger partial charge is 0.335 e. The van der Waals surface area contributed by atoms with Gasteiger partial charge >= 0.3 is 5.97 Å². The van der Waals surface area contributed by atoms with E-state index in [-0.39, 0.29) is 10.5 Å². The van der Waals surface area contributed by atoms with E-state index in [1.165, 1.54) is 24.3 Å². The third kappa shape index (κ3) is 3.97. The average molecular weight is 315 g/mol. The van der Waals surface area contributed by atoms with Gasteiger partial charge in [-0.1, -0.05) is 6.07 Å². The van der Waals surface area contributed by atoms with Crippen LogP contribution >= 0.6 is 11.8 Å². The molecule has 0 aliphatic carbocycles. The fourth-order valence-corrected chi connectivity index (χ4v) is 4.42. The minimum Gasteiger partial charge on any atom is -0.478 e. The predicted octanol–water partition coefficient (Wildman–Crippen LogP) is 1.81. The molecule has 0 saturated carbocycles. The van der Waals surface area contributed by atoms with Crippen LogP contribution in [-0.2, 0) is 10.0 Å². The second-order valence-electron chi connectivity index (χ2n) is 4.74.